The summed E-state index contributed by atoms with van der Waals surface area (Å²) in [6, 6.07) is 0. The molecule has 0 aromatic heterocycles. The molecule has 148 valence electrons. The van der Waals surface area contributed by atoms with Gasteiger partial charge in [0.1, 0.15) is 0 Å². The van der Waals surface area contributed by atoms with Gasteiger partial charge >= 0.3 is 41.5 Å². The Kier molecular flexibility index (Phi) is 5.58. The number of hydrogen-bond donors (Lipinski definition) is 1. The van der Waals surface area contributed by atoms with Crippen LogP contribution in [0.4, 0.5) is 52.7 Å². The molecule has 0 saturated heterocycles. The lowest BCUT2D eigenvalue weighted by Crippen LogP contribution is -2.70. The number of halogens is 12. The summed E-state index contributed by atoms with van der Waals surface area (Å²) in [6.45, 7) is -0.834. The third-order valence-corrected chi connectivity index (χ3v) is 2.89. The van der Waals surface area contributed by atoms with E-state index in [0.717, 1.165) is 0 Å². The van der Waals surface area contributed by atoms with E-state index in [2.05, 4.69) is 0 Å². The van der Waals surface area contributed by atoms with Gasteiger partial charge < -0.3 is 5.11 Å². The van der Waals surface area contributed by atoms with Gasteiger partial charge in [0.05, 0.1) is 0 Å². The zero-order valence-corrected chi connectivity index (χ0v) is 12.0. The van der Waals surface area contributed by atoms with E-state index in [4.69, 9.17) is 5.11 Å². The van der Waals surface area contributed by atoms with Crippen LogP contribution in [0.25, 0.3) is 0 Å². The first-order chi connectivity index (χ1) is 10.6. The van der Waals surface area contributed by atoms with Crippen LogP contribution in [-0.2, 0) is 4.79 Å². The number of allylic oxidation sites excluding steroid dienone is 1. The summed E-state index contributed by atoms with van der Waals surface area (Å²) in [5.74, 6) is -44.6. The van der Waals surface area contributed by atoms with Gasteiger partial charge in [-0.15, -0.1) is 0 Å². The van der Waals surface area contributed by atoms with Crippen LogP contribution in [0.1, 0.15) is 13.8 Å². The molecule has 0 aliphatic heterocycles. The fraction of sp³-hybridized carbons (Fsp3) is 0.727. The maximum atomic E-state index is 13.2. The van der Waals surface area contributed by atoms with E-state index < -0.39 is 60.1 Å². The van der Waals surface area contributed by atoms with Crippen molar-refractivity contribution >= 4 is 5.97 Å². The molecule has 0 aromatic rings. The number of hydrogen-bond acceptors (Lipinski definition) is 1. The minimum atomic E-state index is -7.69. The second-order valence-corrected chi connectivity index (χ2v) is 4.94. The van der Waals surface area contributed by atoms with Gasteiger partial charge in [-0.1, -0.05) is 0 Å². The Morgan fingerprint density at radius 1 is 0.720 bits per heavy atom. The van der Waals surface area contributed by atoms with Crippen LogP contribution < -0.4 is 0 Å². The van der Waals surface area contributed by atoms with Gasteiger partial charge in [-0.2, -0.15) is 52.7 Å². The Balaban J connectivity index is 6.39. The average Bonchev–Trinajstić information content (AvgIpc) is 2.35. The van der Waals surface area contributed by atoms with Crippen molar-refractivity contribution in [1.82, 2.24) is 0 Å². The zero-order chi connectivity index (χ0) is 20.9. The number of alkyl halides is 12. The molecule has 0 unspecified atom stereocenters. The van der Waals surface area contributed by atoms with E-state index >= 15 is 0 Å². The lowest BCUT2D eigenvalue weighted by molar-refractivity contribution is -0.418. The third-order valence-electron chi connectivity index (χ3n) is 2.89. The summed E-state index contributed by atoms with van der Waals surface area (Å²) in [5.41, 5.74) is -1.73. The van der Waals surface area contributed by atoms with Crippen LogP contribution >= 0.6 is 0 Å². The normalized spacial score (nSPS) is 16.2. The van der Waals surface area contributed by atoms with Crippen LogP contribution in [0.15, 0.2) is 11.6 Å². The summed E-state index contributed by atoms with van der Waals surface area (Å²) in [7, 11) is 0. The van der Waals surface area contributed by atoms with E-state index in [1.807, 2.05) is 0 Å². The smallest absolute Gasteiger partial charge is 0.385 e. The maximum Gasteiger partial charge on any atom is 0.385 e. The molecule has 0 rings (SSSR count). The van der Waals surface area contributed by atoms with Crippen molar-refractivity contribution in [1.29, 1.82) is 0 Å². The first-order valence-corrected chi connectivity index (χ1v) is 5.77. The van der Waals surface area contributed by atoms with Crippen LogP contribution in [0.3, 0.4) is 0 Å². The SMILES string of the molecule is C/C(=C\C(F)(F)C(F)(F)C(F)(F)C(F)(F)C(F)(F)C(C)(F)F)C(=O)O. The number of rotatable bonds is 7. The molecule has 2 nitrogen and oxygen atoms in total. The van der Waals surface area contributed by atoms with Crippen molar-refractivity contribution in [2.24, 2.45) is 0 Å². The van der Waals surface area contributed by atoms with Crippen LogP contribution in [0, 0.1) is 0 Å². The highest BCUT2D eigenvalue weighted by Crippen LogP contribution is 2.60. The maximum absolute atomic E-state index is 13.2. The molecule has 0 amide bonds. The molecule has 0 spiro atoms. The van der Waals surface area contributed by atoms with Gasteiger partial charge in [0, 0.05) is 18.6 Å². The summed E-state index contributed by atoms with van der Waals surface area (Å²) < 4.78 is 156. The van der Waals surface area contributed by atoms with E-state index in [1.54, 1.807) is 0 Å². The van der Waals surface area contributed by atoms with Gasteiger partial charge in [0.2, 0.25) is 0 Å². The standard InChI is InChI=1S/C11H8F12O2/c1-4(5(24)25)3-7(14,15)9(18,19)11(22,23)10(20,21)8(16,17)6(2,12)13/h3H,1-2H3,(H,24,25)/b4-3+. The highest BCUT2D eigenvalue weighted by Gasteiger charge is 2.89. The van der Waals surface area contributed by atoms with E-state index in [1.165, 1.54) is 0 Å². The monoisotopic (exact) mass is 400 g/mol. The van der Waals surface area contributed by atoms with Crippen molar-refractivity contribution in [3.05, 3.63) is 11.6 Å². The average molecular weight is 400 g/mol. The van der Waals surface area contributed by atoms with Gasteiger partial charge in [0.15, 0.2) is 0 Å². The summed E-state index contributed by atoms with van der Waals surface area (Å²) in [5, 5.41) is 8.21. The van der Waals surface area contributed by atoms with Crippen LogP contribution in [-0.4, -0.2) is 46.6 Å². The van der Waals surface area contributed by atoms with Crippen molar-refractivity contribution in [2.75, 3.05) is 0 Å². The first kappa shape index (κ1) is 23.4. The van der Waals surface area contributed by atoms with Gasteiger partial charge in [-0.25, -0.2) is 4.79 Å². The fourth-order valence-electron chi connectivity index (χ4n) is 1.30. The van der Waals surface area contributed by atoms with E-state index in [9.17, 15) is 57.5 Å². The van der Waals surface area contributed by atoms with Crippen LogP contribution in [0.2, 0.25) is 0 Å². The second kappa shape index (κ2) is 5.97. The molecule has 25 heavy (non-hydrogen) atoms. The highest BCUT2D eigenvalue weighted by atomic mass is 19.4. The summed E-state index contributed by atoms with van der Waals surface area (Å²) in [6.07, 6.45) is -1.39. The van der Waals surface area contributed by atoms with Crippen molar-refractivity contribution in [3.63, 3.8) is 0 Å². The second-order valence-electron chi connectivity index (χ2n) is 4.94. The first-order valence-electron chi connectivity index (χ1n) is 5.77. The Morgan fingerprint density at radius 3 is 1.32 bits per heavy atom. The molecule has 0 aliphatic carbocycles. The molecule has 14 heteroatoms. The van der Waals surface area contributed by atoms with Crippen LogP contribution in [0.5, 0.6) is 0 Å². The molecule has 0 atom stereocenters. The summed E-state index contributed by atoms with van der Waals surface area (Å²) in [4.78, 5) is 10.2. The molecule has 0 saturated carbocycles. The molecule has 0 bridgehead atoms. The van der Waals surface area contributed by atoms with Gasteiger partial charge in [0.25, 0.3) is 0 Å². The molecule has 0 heterocycles. The van der Waals surface area contributed by atoms with Crippen molar-refractivity contribution in [2.45, 2.75) is 49.4 Å². The van der Waals surface area contributed by atoms with Gasteiger partial charge in [-0.3, -0.25) is 0 Å². The van der Waals surface area contributed by atoms with Crippen molar-refractivity contribution in [3.8, 4) is 0 Å². The molecule has 0 radical (unpaired) electrons. The van der Waals surface area contributed by atoms with E-state index in [0.29, 0.717) is 0 Å². The largest absolute Gasteiger partial charge is 0.478 e. The minimum absolute atomic E-state index is 0.178. The van der Waals surface area contributed by atoms with Gasteiger partial charge in [-0.05, 0) is 6.92 Å². The molecule has 0 aromatic carbocycles. The third kappa shape index (κ3) is 3.38. The molecular weight excluding hydrogens is 392 g/mol. The fourth-order valence-corrected chi connectivity index (χ4v) is 1.30. The molecule has 1 N–H and O–H groups in total. The number of carboxylic acids is 1. The topological polar surface area (TPSA) is 37.3 Å². The Labute approximate surface area is 131 Å². The lowest BCUT2D eigenvalue weighted by atomic mass is 9.91. The Bertz CT molecular complexity index is 558. The Hall–Kier alpha value is -1.63. The quantitative estimate of drug-likeness (QED) is 0.490. The highest BCUT2D eigenvalue weighted by molar-refractivity contribution is 5.86. The predicted molar refractivity (Wildman–Crippen MR) is 56.7 cm³/mol. The number of aliphatic carboxylic acids is 1. The lowest BCUT2D eigenvalue weighted by Gasteiger charge is -2.40. The number of carbonyl (C=O) groups is 1. The molecule has 0 aliphatic rings. The molecular formula is C11H8F12O2. The number of carboxylic acid groups (broad SMARTS) is 1. The predicted octanol–water partition coefficient (Wildman–Crippen LogP) is 4.85. The molecule has 0 fully saturated rings. The van der Waals surface area contributed by atoms with E-state index in [-0.39, 0.29) is 6.92 Å². The minimum Gasteiger partial charge on any atom is -0.478 e. The van der Waals surface area contributed by atoms with Crippen molar-refractivity contribution < 1.29 is 62.6 Å². The zero-order valence-electron chi connectivity index (χ0n) is 12.0. The summed E-state index contributed by atoms with van der Waals surface area (Å²) >= 11 is 0. The Morgan fingerprint density at radius 2 is 1.04 bits per heavy atom.